The van der Waals surface area contributed by atoms with E-state index in [1.54, 1.807) is 6.07 Å². The third kappa shape index (κ3) is 3.16. The molecule has 0 radical (unpaired) electrons. The van der Waals surface area contributed by atoms with E-state index in [1.165, 1.54) is 5.56 Å². The number of hydrogen-bond donors (Lipinski definition) is 3. The summed E-state index contributed by atoms with van der Waals surface area (Å²) >= 11 is 0. The van der Waals surface area contributed by atoms with Gasteiger partial charge in [0.05, 0.1) is 11.3 Å². The van der Waals surface area contributed by atoms with Gasteiger partial charge < -0.3 is 10.7 Å². The molecule has 0 unspecified atom stereocenters. The van der Waals surface area contributed by atoms with Gasteiger partial charge in [0.1, 0.15) is 0 Å². The lowest BCUT2D eigenvalue weighted by molar-refractivity contribution is 0.102. The highest BCUT2D eigenvalue weighted by Crippen LogP contribution is 2.19. The van der Waals surface area contributed by atoms with Gasteiger partial charge in [-0.25, -0.2) is 0 Å². The van der Waals surface area contributed by atoms with Crippen molar-refractivity contribution in [3.8, 4) is 0 Å². The molecular formula is C16H19N3O. The van der Waals surface area contributed by atoms with Crippen molar-refractivity contribution in [1.29, 1.82) is 0 Å². The summed E-state index contributed by atoms with van der Waals surface area (Å²) in [5.41, 5.74) is 6.68. The maximum absolute atomic E-state index is 12.3. The van der Waals surface area contributed by atoms with E-state index in [4.69, 9.17) is 5.84 Å². The number of aryl methyl sites for hydroxylation is 2. The molecule has 1 amide bonds. The molecule has 0 bridgehead atoms. The Balaban J connectivity index is 2.25. The molecular weight excluding hydrogens is 250 g/mol. The summed E-state index contributed by atoms with van der Waals surface area (Å²) in [4.78, 5) is 12.3. The van der Waals surface area contributed by atoms with Crippen LogP contribution in [0.5, 0.6) is 0 Å². The van der Waals surface area contributed by atoms with Crippen molar-refractivity contribution in [2.24, 2.45) is 5.84 Å². The van der Waals surface area contributed by atoms with Crippen molar-refractivity contribution in [3.63, 3.8) is 0 Å². The molecule has 0 aromatic heterocycles. The Bertz CT molecular complexity index is 623. The third-order valence-electron chi connectivity index (χ3n) is 3.17. The lowest BCUT2D eigenvalue weighted by Crippen LogP contribution is -2.17. The topological polar surface area (TPSA) is 67.2 Å². The molecule has 0 saturated heterocycles. The lowest BCUT2D eigenvalue weighted by atomic mass is 10.1. The van der Waals surface area contributed by atoms with Crippen molar-refractivity contribution in [1.82, 2.24) is 0 Å². The highest BCUT2D eigenvalue weighted by Gasteiger charge is 2.11. The second-order valence-electron chi connectivity index (χ2n) is 4.70. The van der Waals surface area contributed by atoms with Gasteiger partial charge in [-0.05, 0) is 43.2 Å². The fourth-order valence-corrected chi connectivity index (χ4v) is 2.04. The molecule has 0 aliphatic heterocycles. The Morgan fingerprint density at radius 1 is 1.20 bits per heavy atom. The molecule has 2 rings (SSSR count). The summed E-state index contributed by atoms with van der Waals surface area (Å²) in [6.45, 7) is 4.02. The lowest BCUT2D eigenvalue weighted by Gasteiger charge is -2.11. The Morgan fingerprint density at radius 2 is 2.00 bits per heavy atom. The first kappa shape index (κ1) is 14.1. The van der Waals surface area contributed by atoms with Crippen LogP contribution >= 0.6 is 0 Å². The fraction of sp³-hybridized carbons (Fsp3) is 0.188. The molecule has 20 heavy (non-hydrogen) atoms. The predicted molar refractivity (Wildman–Crippen MR) is 82.8 cm³/mol. The second-order valence-corrected chi connectivity index (χ2v) is 4.70. The van der Waals surface area contributed by atoms with E-state index < -0.39 is 0 Å². The van der Waals surface area contributed by atoms with Crippen LogP contribution in [0.4, 0.5) is 11.4 Å². The monoisotopic (exact) mass is 269 g/mol. The largest absolute Gasteiger partial charge is 0.323 e. The number of anilines is 2. The van der Waals surface area contributed by atoms with Gasteiger partial charge in [-0.3, -0.25) is 10.6 Å². The molecule has 4 N–H and O–H groups in total. The number of amides is 1. The number of carbonyl (C=O) groups excluding carboxylic acids is 1. The number of nitrogens with one attached hydrogen (secondary N) is 2. The third-order valence-corrected chi connectivity index (χ3v) is 3.17. The van der Waals surface area contributed by atoms with E-state index in [0.29, 0.717) is 11.3 Å². The number of hydrogen-bond acceptors (Lipinski definition) is 3. The van der Waals surface area contributed by atoms with Gasteiger partial charge in [-0.15, -0.1) is 0 Å². The van der Waals surface area contributed by atoms with Crippen LogP contribution in [-0.2, 0) is 6.42 Å². The van der Waals surface area contributed by atoms with Gasteiger partial charge in [0.15, 0.2) is 0 Å². The van der Waals surface area contributed by atoms with Crippen LogP contribution in [0.2, 0.25) is 0 Å². The van der Waals surface area contributed by atoms with E-state index in [9.17, 15) is 4.79 Å². The predicted octanol–water partition coefficient (Wildman–Crippen LogP) is 3.10. The van der Waals surface area contributed by atoms with Crippen molar-refractivity contribution >= 4 is 17.3 Å². The van der Waals surface area contributed by atoms with Crippen molar-refractivity contribution in [2.75, 3.05) is 10.7 Å². The zero-order valence-electron chi connectivity index (χ0n) is 11.7. The molecule has 0 aliphatic carbocycles. The van der Waals surface area contributed by atoms with E-state index >= 15 is 0 Å². The first-order valence-electron chi connectivity index (χ1n) is 6.61. The molecule has 104 valence electrons. The van der Waals surface area contributed by atoms with E-state index in [-0.39, 0.29) is 5.91 Å². The van der Waals surface area contributed by atoms with E-state index in [0.717, 1.165) is 17.7 Å². The van der Waals surface area contributed by atoms with Gasteiger partial charge in [-0.1, -0.05) is 30.7 Å². The Hall–Kier alpha value is -2.33. The van der Waals surface area contributed by atoms with Gasteiger partial charge in [-0.2, -0.15) is 0 Å². The Labute approximate surface area is 119 Å². The standard InChI is InChI=1S/C16H19N3O/c1-3-12-5-4-6-13(10-12)18-16(20)14-9-11(2)7-8-15(14)19-17/h4-10,19H,3,17H2,1-2H3,(H,18,20). The van der Waals surface area contributed by atoms with Gasteiger partial charge in [0.2, 0.25) is 0 Å². The summed E-state index contributed by atoms with van der Waals surface area (Å²) in [5.74, 6) is 5.28. The molecule has 0 atom stereocenters. The van der Waals surface area contributed by atoms with E-state index in [1.807, 2.05) is 43.3 Å². The molecule has 0 aliphatic rings. The maximum atomic E-state index is 12.3. The van der Waals surface area contributed by atoms with Gasteiger partial charge in [0, 0.05) is 5.69 Å². The summed E-state index contributed by atoms with van der Waals surface area (Å²) in [5, 5.41) is 2.90. The maximum Gasteiger partial charge on any atom is 0.257 e. The first-order chi connectivity index (χ1) is 9.63. The van der Waals surface area contributed by atoms with E-state index in [2.05, 4.69) is 17.7 Å². The summed E-state index contributed by atoms with van der Waals surface area (Å²) in [6.07, 6.45) is 0.934. The second kappa shape index (κ2) is 6.21. The summed E-state index contributed by atoms with van der Waals surface area (Å²) < 4.78 is 0. The Morgan fingerprint density at radius 3 is 2.70 bits per heavy atom. The quantitative estimate of drug-likeness (QED) is 0.590. The highest BCUT2D eigenvalue weighted by atomic mass is 16.1. The minimum atomic E-state index is -0.171. The number of carbonyl (C=O) groups is 1. The van der Waals surface area contributed by atoms with Gasteiger partial charge >= 0.3 is 0 Å². The van der Waals surface area contributed by atoms with Crippen LogP contribution in [-0.4, -0.2) is 5.91 Å². The average Bonchev–Trinajstić information content (AvgIpc) is 2.47. The van der Waals surface area contributed by atoms with Crippen molar-refractivity contribution < 1.29 is 4.79 Å². The van der Waals surface area contributed by atoms with Crippen molar-refractivity contribution in [2.45, 2.75) is 20.3 Å². The minimum absolute atomic E-state index is 0.171. The molecule has 0 fully saturated rings. The van der Waals surface area contributed by atoms with Gasteiger partial charge in [0.25, 0.3) is 5.91 Å². The van der Waals surface area contributed by atoms with Crippen LogP contribution in [0.15, 0.2) is 42.5 Å². The SMILES string of the molecule is CCc1cccc(NC(=O)c2cc(C)ccc2NN)c1. The molecule has 2 aromatic carbocycles. The molecule has 4 nitrogen and oxygen atoms in total. The summed E-state index contributed by atoms with van der Waals surface area (Å²) in [7, 11) is 0. The number of benzene rings is 2. The minimum Gasteiger partial charge on any atom is -0.323 e. The molecule has 0 heterocycles. The smallest absolute Gasteiger partial charge is 0.257 e. The number of nitrogen functional groups attached to an aromatic ring is 1. The normalized spacial score (nSPS) is 10.2. The van der Waals surface area contributed by atoms with Crippen LogP contribution in [0, 0.1) is 6.92 Å². The first-order valence-corrected chi connectivity index (χ1v) is 6.61. The van der Waals surface area contributed by atoms with Crippen LogP contribution in [0.25, 0.3) is 0 Å². The van der Waals surface area contributed by atoms with Crippen LogP contribution in [0.1, 0.15) is 28.4 Å². The molecule has 4 heteroatoms. The van der Waals surface area contributed by atoms with Crippen LogP contribution < -0.4 is 16.6 Å². The number of rotatable bonds is 4. The highest BCUT2D eigenvalue weighted by molar-refractivity contribution is 6.08. The average molecular weight is 269 g/mol. The molecule has 0 spiro atoms. The zero-order chi connectivity index (χ0) is 14.5. The molecule has 0 saturated carbocycles. The zero-order valence-corrected chi connectivity index (χ0v) is 11.7. The molecule has 2 aromatic rings. The number of nitrogens with two attached hydrogens (primary N) is 1. The summed E-state index contributed by atoms with van der Waals surface area (Å²) in [6, 6.07) is 13.3. The number of hydrazine groups is 1. The van der Waals surface area contributed by atoms with Crippen molar-refractivity contribution in [3.05, 3.63) is 59.2 Å². The van der Waals surface area contributed by atoms with Crippen LogP contribution in [0.3, 0.4) is 0 Å². The fourth-order valence-electron chi connectivity index (χ4n) is 2.04. The Kier molecular flexibility index (Phi) is 4.38.